The van der Waals surface area contributed by atoms with Gasteiger partial charge < -0.3 is 10.2 Å². The van der Waals surface area contributed by atoms with Gasteiger partial charge in [-0.1, -0.05) is 60.1 Å². The molecule has 2 aromatic carbocycles. The maximum atomic E-state index is 12.4. The summed E-state index contributed by atoms with van der Waals surface area (Å²) in [7, 11) is 0. The van der Waals surface area contributed by atoms with Gasteiger partial charge in [-0.25, -0.2) is 4.79 Å². The molecule has 0 aliphatic carbocycles. The van der Waals surface area contributed by atoms with Crippen LogP contribution in [-0.4, -0.2) is 24.0 Å². The molecule has 1 fully saturated rings. The first kappa shape index (κ1) is 17.3. The Balaban J connectivity index is 1.59. The number of halogens is 1. The van der Waals surface area contributed by atoms with Gasteiger partial charge in [-0.2, -0.15) is 5.26 Å². The number of nitriles is 1. The van der Waals surface area contributed by atoms with Crippen LogP contribution >= 0.6 is 11.6 Å². The minimum absolute atomic E-state index is 0.112. The van der Waals surface area contributed by atoms with Crippen LogP contribution in [-0.2, 0) is 12.0 Å². The van der Waals surface area contributed by atoms with Gasteiger partial charge in [0.05, 0.1) is 11.5 Å². The summed E-state index contributed by atoms with van der Waals surface area (Å²) in [4.78, 5) is 14.2. The van der Waals surface area contributed by atoms with Crippen molar-refractivity contribution in [3.63, 3.8) is 0 Å². The van der Waals surface area contributed by atoms with Crippen LogP contribution in [0.2, 0.25) is 5.02 Å². The molecule has 0 radical (unpaired) electrons. The summed E-state index contributed by atoms with van der Waals surface area (Å²) >= 11 is 6.12. The van der Waals surface area contributed by atoms with E-state index in [1.165, 1.54) is 0 Å². The number of hydrogen-bond donors (Lipinski definition) is 1. The van der Waals surface area contributed by atoms with Crippen LogP contribution in [0.5, 0.6) is 0 Å². The Hall–Kier alpha value is -2.51. The number of carbonyl (C=O) groups excluding carboxylic acids is 1. The Bertz CT molecular complexity index is 777. The quantitative estimate of drug-likeness (QED) is 0.902. The molecule has 0 unspecified atom stereocenters. The van der Waals surface area contributed by atoms with Gasteiger partial charge in [0.25, 0.3) is 0 Å². The average Bonchev–Trinajstić information content (AvgIpc) is 2.68. The normalized spacial score (nSPS) is 16.1. The molecule has 4 nitrogen and oxygen atoms in total. The maximum Gasteiger partial charge on any atom is 0.317 e. The highest BCUT2D eigenvalue weighted by Crippen LogP contribution is 2.34. The average molecular weight is 354 g/mol. The summed E-state index contributed by atoms with van der Waals surface area (Å²) < 4.78 is 0. The third-order valence-corrected chi connectivity index (χ3v) is 5.20. The molecule has 0 atom stereocenters. The lowest BCUT2D eigenvalue weighted by molar-refractivity contribution is 0.171. The molecular formula is C20H20ClN3O. The lowest BCUT2D eigenvalue weighted by atomic mass is 9.74. The zero-order valence-electron chi connectivity index (χ0n) is 13.9. The lowest BCUT2D eigenvalue weighted by Crippen LogP contribution is -2.48. The number of urea groups is 1. The Labute approximate surface area is 153 Å². The van der Waals surface area contributed by atoms with E-state index < -0.39 is 5.41 Å². The van der Waals surface area contributed by atoms with Crippen molar-refractivity contribution in [2.24, 2.45) is 0 Å². The van der Waals surface area contributed by atoms with Crippen LogP contribution in [0.4, 0.5) is 4.79 Å². The number of nitrogens with zero attached hydrogens (tertiary/aromatic N) is 2. The molecule has 0 spiro atoms. The van der Waals surface area contributed by atoms with Crippen LogP contribution in [0, 0.1) is 11.3 Å². The third kappa shape index (κ3) is 3.78. The molecule has 1 N–H and O–H groups in total. The van der Waals surface area contributed by atoms with E-state index in [9.17, 15) is 10.1 Å². The van der Waals surface area contributed by atoms with Gasteiger partial charge in [0.1, 0.15) is 0 Å². The summed E-state index contributed by atoms with van der Waals surface area (Å²) in [6.45, 7) is 1.53. The molecule has 2 aromatic rings. The Morgan fingerprint density at radius 1 is 1.12 bits per heavy atom. The fourth-order valence-corrected chi connectivity index (χ4v) is 3.44. The predicted molar refractivity (Wildman–Crippen MR) is 98.2 cm³/mol. The van der Waals surface area contributed by atoms with Crippen LogP contribution in [0.25, 0.3) is 0 Å². The smallest absolute Gasteiger partial charge is 0.317 e. The molecule has 5 heteroatoms. The van der Waals surface area contributed by atoms with E-state index in [0.29, 0.717) is 37.5 Å². The standard InChI is InChI=1S/C20H20ClN3O/c21-18-9-5-4-6-16(18)14-23-19(25)24-12-10-20(15-22,11-13-24)17-7-2-1-3-8-17/h1-9H,10-14H2,(H,23,25). The number of rotatable bonds is 3. The van der Waals surface area contributed by atoms with Gasteiger partial charge in [-0.15, -0.1) is 0 Å². The zero-order chi connectivity index (χ0) is 17.7. The van der Waals surface area contributed by atoms with Gasteiger partial charge in [-0.05, 0) is 30.0 Å². The summed E-state index contributed by atoms with van der Waals surface area (Å²) in [5, 5.41) is 13.3. The highest BCUT2D eigenvalue weighted by molar-refractivity contribution is 6.31. The van der Waals surface area contributed by atoms with E-state index in [2.05, 4.69) is 11.4 Å². The van der Waals surface area contributed by atoms with E-state index in [4.69, 9.17) is 11.6 Å². The van der Waals surface area contributed by atoms with Crippen LogP contribution in [0.15, 0.2) is 54.6 Å². The Morgan fingerprint density at radius 2 is 1.76 bits per heavy atom. The van der Waals surface area contributed by atoms with Crippen molar-refractivity contribution >= 4 is 17.6 Å². The second-order valence-corrected chi connectivity index (χ2v) is 6.70. The summed E-state index contributed by atoms with van der Waals surface area (Å²) in [6.07, 6.45) is 1.29. The Kier molecular flexibility index (Phi) is 5.25. The molecule has 25 heavy (non-hydrogen) atoms. The highest BCUT2D eigenvalue weighted by atomic mass is 35.5. The number of hydrogen-bond acceptors (Lipinski definition) is 2. The number of carbonyl (C=O) groups is 1. The van der Waals surface area contributed by atoms with E-state index in [1.807, 2.05) is 54.6 Å². The fourth-order valence-electron chi connectivity index (χ4n) is 3.24. The first-order valence-corrected chi connectivity index (χ1v) is 8.75. The molecule has 1 aliphatic heterocycles. The molecular weight excluding hydrogens is 334 g/mol. The number of nitrogens with one attached hydrogen (secondary N) is 1. The highest BCUT2D eigenvalue weighted by Gasteiger charge is 2.37. The second-order valence-electron chi connectivity index (χ2n) is 6.30. The van der Waals surface area contributed by atoms with Gasteiger partial charge in [-0.3, -0.25) is 0 Å². The lowest BCUT2D eigenvalue weighted by Gasteiger charge is -2.37. The fraction of sp³-hybridized carbons (Fsp3) is 0.300. The van der Waals surface area contributed by atoms with E-state index >= 15 is 0 Å². The van der Waals surface area contributed by atoms with Crippen molar-refractivity contribution < 1.29 is 4.79 Å². The monoisotopic (exact) mass is 353 g/mol. The second kappa shape index (κ2) is 7.58. The van der Waals surface area contributed by atoms with E-state index in [1.54, 1.807) is 4.90 Å². The third-order valence-electron chi connectivity index (χ3n) is 4.83. The molecule has 128 valence electrons. The number of piperidine rings is 1. The van der Waals surface area contributed by atoms with Crippen LogP contribution < -0.4 is 5.32 Å². The predicted octanol–water partition coefficient (Wildman–Crippen LogP) is 4.11. The van der Waals surface area contributed by atoms with Crippen molar-refractivity contribution in [3.05, 3.63) is 70.7 Å². The molecule has 0 bridgehead atoms. The first-order chi connectivity index (χ1) is 12.1. The summed E-state index contributed by atoms with van der Waals surface area (Å²) in [5.74, 6) is 0. The van der Waals surface area contributed by atoms with Gasteiger partial charge in [0, 0.05) is 24.7 Å². The van der Waals surface area contributed by atoms with Gasteiger partial charge in [0.15, 0.2) is 0 Å². The molecule has 3 rings (SSSR count). The van der Waals surface area contributed by atoms with Gasteiger partial charge >= 0.3 is 6.03 Å². The van der Waals surface area contributed by atoms with Crippen LogP contribution in [0.3, 0.4) is 0 Å². The molecule has 0 aromatic heterocycles. The minimum Gasteiger partial charge on any atom is -0.334 e. The molecule has 1 saturated heterocycles. The largest absolute Gasteiger partial charge is 0.334 e. The van der Waals surface area contributed by atoms with E-state index in [0.717, 1.165) is 11.1 Å². The molecule has 1 aliphatic rings. The van der Waals surface area contributed by atoms with Crippen molar-refractivity contribution in [1.82, 2.24) is 10.2 Å². The van der Waals surface area contributed by atoms with Crippen molar-refractivity contribution in [2.45, 2.75) is 24.8 Å². The first-order valence-electron chi connectivity index (χ1n) is 8.38. The van der Waals surface area contributed by atoms with E-state index in [-0.39, 0.29) is 6.03 Å². The number of likely N-dealkylation sites (tertiary alicyclic amines) is 1. The number of amides is 2. The number of benzene rings is 2. The van der Waals surface area contributed by atoms with Crippen molar-refractivity contribution in [2.75, 3.05) is 13.1 Å². The van der Waals surface area contributed by atoms with Crippen molar-refractivity contribution in [3.8, 4) is 6.07 Å². The SMILES string of the molecule is N#CC1(c2ccccc2)CCN(C(=O)NCc2ccccc2Cl)CC1. The molecule has 0 saturated carbocycles. The minimum atomic E-state index is -0.499. The molecule has 1 heterocycles. The topological polar surface area (TPSA) is 56.1 Å². The summed E-state index contributed by atoms with van der Waals surface area (Å²) in [5.41, 5.74) is 1.43. The maximum absolute atomic E-state index is 12.4. The van der Waals surface area contributed by atoms with Crippen molar-refractivity contribution in [1.29, 1.82) is 5.26 Å². The summed E-state index contributed by atoms with van der Waals surface area (Å²) in [6, 6.07) is 19.7. The van der Waals surface area contributed by atoms with Gasteiger partial charge in [0.2, 0.25) is 0 Å². The van der Waals surface area contributed by atoms with Crippen LogP contribution in [0.1, 0.15) is 24.0 Å². The Morgan fingerprint density at radius 3 is 2.40 bits per heavy atom. The molecule has 2 amide bonds. The zero-order valence-corrected chi connectivity index (χ0v) is 14.7.